The van der Waals surface area contributed by atoms with Crippen molar-refractivity contribution in [2.24, 2.45) is 0 Å². The Morgan fingerprint density at radius 3 is 2.36 bits per heavy atom. The molecule has 0 radical (unpaired) electrons. The van der Waals surface area contributed by atoms with Crippen molar-refractivity contribution in [1.82, 2.24) is 0 Å². The second-order valence-electron chi connectivity index (χ2n) is 6.46. The van der Waals surface area contributed by atoms with Crippen LogP contribution in [0.25, 0.3) is 0 Å². The van der Waals surface area contributed by atoms with Crippen LogP contribution in [0.2, 0.25) is 5.02 Å². The summed E-state index contributed by atoms with van der Waals surface area (Å²) in [6.45, 7) is 9.40. The zero-order valence-corrected chi connectivity index (χ0v) is 14.8. The smallest absolute Gasteiger partial charge is 0.491 e. The quantitative estimate of drug-likeness (QED) is 0.569. The maximum Gasteiger partial charge on any atom is 0.491 e. The molecule has 4 nitrogen and oxygen atoms in total. The number of benzene rings is 1. The highest BCUT2D eigenvalue weighted by molar-refractivity contribution is 6.60. The number of aliphatic hydroxyl groups is 1. The van der Waals surface area contributed by atoms with Gasteiger partial charge in [0.05, 0.1) is 17.8 Å². The Kier molecular flexibility index (Phi) is 6.74. The fourth-order valence-corrected chi connectivity index (χ4v) is 1.87. The first-order valence-electron chi connectivity index (χ1n) is 7.58. The molecular formula is C16H26BClO4. The normalized spacial score (nSPS) is 12.4. The van der Waals surface area contributed by atoms with E-state index >= 15 is 0 Å². The molecule has 0 aliphatic carbocycles. The maximum absolute atomic E-state index is 10.3. The Balaban J connectivity index is 2.87. The molecule has 0 aliphatic heterocycles. The Hall–Kier alpha value is -0.745. The number of hydrogen-bond acceptors (Lipinski definition) is 4. The number of ether oxygens (including phenoxy) is 1. The lowest BCUT2D eigenvalue weighted by molar-refractivity contribution is -0.0982. The zero-order valence-electron chi connectivity index (χ0n) is 14.0. The summed E-state index contributed by atoms with van der Waals surface area (Å²) >= 11 is 6.07. The van der Waals surface area contributed by atoms with E-state index in [2.05, 4.69) is 6.92 Å². The van der Waals surface area contributed by atoms with Crippen LogP contribution in [-0.2, 0) is 4.65 Å². The molecule has 0 unspecified atom stereocenters. The van der Waals surface area contributed by atoms with Crippen LogP contribution in [0.3, 0.4) is 0 Å². The summed E-state index contributed by atoms with van der Waals surface area (Å²) < 4.78 is 11.2. The Morgan fingerprint density at radius 1 is 1.18 bits per heavy atom. The lowest BCUT2D eigenvalue weighted by atomic mass is 9.76. The minimum Gasteiger partial charge on any atom is -0.494 e. The van der Waals surface area contributed by atoms with E-state index in [1.54, 1.807) is 45.9 Å². The lowest BCUT2D eigenvalue weighted by Crippen LogP contribution is -2.53. The molecule has 1 rings (SSSR count). The van der Waals surface area contributed by atoms with Crippen molar-refractivity contribution < 1.29 is 19.5 Å². The van der Waals surface area contributed by atoms with Crippen molar-refractivity contribution in [1.29, 1.82) is 0 Å². The molecule has 22 heavy (non-hydrogen) atoms. The molecule has 0 atom stereocenters. The standard InChI is InChI=1S/C16H26BClO4/c1-6-7-8-21-14-10-12(9-13(18)11-14)17(20)22-16(4,5)15(2,3)19/h9-11,19-20H,6-8H2,1-5H3. The van der Waals surface area contributed by atoms with Crippen molar-refractivity contribution in [2.75, 3.05) is 6.61 Å². The van der Waals surface area contributed by atoms with E-state index in [1.165, 1.54) is 0 Å². The first kappa shape index (κ1) is 19.3. The molecule has 1 aromatic rings. The number of hydrogen-bond donors (Lipinski definition) is 2. The molecule has 1 aromatic carbocycles. The lowest BCUT2D eigenvalue weighted by Gasteiger charge is -2.38. The SMILES string of the molecule is CCCCOc1cc(Cl)cc(B(O)OC(C)(C)C(C)(C)O)c1. The van der Waals surface area contributed by atoms with E-state index < -0.39 is 18.3 Å². The monoisotopic (exact) mass is 328 g/mol. The van der Waals surface area contributed by atoms with Crippen LogP contribution in [-0.4, -0.2) is 35.1 Å². The average molecular weight is 329 g/mol. The molecule has 0 aliphatic rings. The van der Waals surface area contributed by atoms with Crippen LogP contribution in [0.15, 0.2) is 18.2 Å². The Morgan fingerprint density at radius 2 is 1.82 bits per heavy atom. The van der Waals surface area contributed by atoms with Crippen LogP contribution in [0, 0.1) is 0 Å². The molecule has 0 amide bonds. The van der Waals surface area contributed by atoms with Crippen molar-refractivity contribution in [2.45, 2.75) is 58.7 Å². The third-order valence-corrected chi connectivity index (χ3v) is 4.04. The van der Waals surface area contributed by atoms with Gasteiger partial charge in [0, 0.05) is 5.02 Å². The summed E-state index contributed by atoms with van der Waals surface area (Å²) in [5.41, 5.74) is -1.54. The number of rotatable bonds is 8. The molecular weight excluding hydrogens is 302 g/mol. The van der Waals surface area contributed by atoms with E-state index in [9.17, 15) is 10.1 Å². The first-order valence-corrected chi connectivity index (χ1v) is 7.96. The van der Waals surface area contributed by atoms with Gasteiger partial charge in [-0.05, 0) is 57.8 Å². The molecule has 0 fully saturated rings. The minimum atomic E-state index is -1.20. The topological polar surface area (TPSA) is 58.9 Å². The van der Waals surface area contributed by atoms with Gasteiger partial charge in [-0.3, -0.25) is 0 Å². The van der Waals surface area contributed by atoms with Gasteiger partial charge in [-0.25, -0.2) is 0 Å². The molecule has 124 valence electrons. The summed E-state index contributed by atoms with van der Waals surface area (Å²) in [6.07, 6.45) is 1.99. The predicted molar refractivity (Wildman–Crippen MR) is 90.9 cm³/mol. The highest BCUT2D eigenvalue weighted by Crippen LogP contribution is 2.26. The fourth-order valence-electron chi connectivity index (χ4n) is 1.64. The van der Waals surface area contributed by atoms with Crippen molar-refractivity contribution in [3.05, 3.63) is 23.2 Å². The van der Waals surface area contributed by atoms with Gasteiger partial charge in [-0.15, -0.1) is 0 Å². The maximum atomic E-state index is 10.3. The van der Waals surface area contributed by atoms with Gasteiger partial charge in [-0.2, -0.15) is 0 Å². The van der Waals surface area contributed by atoms with Gasteiger partial charge in [0.1, 0.15) is 5.75 Å². The van der Waals surface area contributed by atoms with E-state index in [-0.39, 0.29) is 0 Å². The Bertz CT molecular complexity index is 486. The third-order valence-electron chi connectivity index (χ3n) is 3.83. The third kappa shape index (κ3) is 5.47. The van der Waals surface area contributed by atoms with Crippen molar-refractivity contribution >= 4 is 24.2 Å². The second kappa shape index (κ2) is 7.69. The largest absolute Gasteiger partial charge is 0.494 e. The van der Waals surface area contributed by atoms with Gasteiger partial charge >= 0.3 is 7.12 Å². The van der Waals surface area contributed by atoms with Crippen LogP contribution < -0.4 is 10.2 Å². The summed E-state index contributed by atoms with van der Waals surface area (Å²) in [7, 11) is -1.20. The predicted octanol–water partition coefficient (Wildman–Crippen LogP) is 2.77. The van der Waals surface area contributed by atoms with E-state index in [0.29, 0.717) is 22.8 Å². The molecule has 6 heteroatoms. The highest BCUT2D eigenvalue weighted by Gasteiger charge is 2.39. The molecule has 0 heterocycles. The van der Waals surface area contributed by atoms with E-state index in [0.717, 1.165) is 12.8 Å². The van der Waals surface area contributed by atoms with Gasteiger partial charge in [0.2, 0.25) is 0 Å². The van der Waals surface area contributed by atoms with Crippen molar-refractivity contribution in [3.63, 3.8) is 0 Å². The average Bonchev–Trinajstić information content (AvgIpc) is 2.36. The summed E-state index contributed by atoms with van der Waals surface area (Å²) in [5.74, 6) is 0.597. The molecule has 0 saturated carbocycles. The fraction of sp³-hybridized carbons (Fsp3) is 0.625. The second-order valence-corrected chi connectivity index (χ2v) is 6.90. The molecule has 0 bridgehead atoms. The van der Waals surface area contributed by atoms with Crippen LogP contribution >= 0.6 is 11.6 Å². The van der Waals surface area contributed by atoms with Crippen LogP contribution in [0.4, 0.5) is 0 Å². The highest BCUT2D eigenvalue weighted by atomic mass is 35.5. The van der Waals surface area contributed by atoms with Gasteiger partial charge in [-0.1, -0.05) is 24.9 Å². The molecule has 0 aromatic heterocycles. The van der Waals surface area contributed by atoms with Gasteiger partial charge in [0.15, 0.2) is 0 Å². The van der Waals surface area contributed by atoms with Crippen LogP contribution in [0.5, 0.6) is 5.75 Å². The Labute approximate surface area is 138 Å². The zero-order chi connectivity index (χ0) is 17.0. The van der Waals surface area contributed by atoms with Crippen LogP contribution in [0.1, 0.15) is 47.5 Å². The summed E-state index contributed by atoms with van der Waals surface area (Å²) in [5, 5.41) is 20.9. The minimum absolute atomic E-state index is 0.465. The van der Waals surface area contributed by atoms with Gasteiger partial charge < -0.3 is 19.5 Å². The summed E-state index contributed by atoms with van der Waals surface area (Å²) in [6, 6.07) is 5.03. The van der Waals surface area contributed by atoms with E-state index in [1.807, 2.05) is 0 Å². The summed E-state index contributed by atoms with van der Waals surface area (Å²) in [4.78, 5) is 0. The van der Waals surface area contributed by atoms with Crippen molar-refractivity contribution in [3.8, 4) is 5.75 Å². The van der Waals surface area contributed by atoms with Gasteiger partial charge in [0.25, 0.3) is 0 Å². The molecule has 0 saturated heterocycles. The number of unbranched alkanes of at least 4 members (excludes halogenated alkanes) is 1. The van der Waals surface area contributed by atoms with E-state index in [4.69, 9.17) is 21.0 Å². The number of halogens is 1. The molecule has 0 spiro atoms. The molecule has 2 N–H and O–H groups in total. The first-order chi connectivity index (χ1) is 10.1.